The molecular weight excluding hydrogens is 282 g/mol. The van der Waals surface area contributed by atoms with Gasteiger partial charge in [-0.1, -0.05) is 0 Å². The van der Waals surface area contributed by atoms with E-state index >= 15 is 0 Å². The lowest BCUT2D eigenvalue weighted by molar-refractivity contribution is -0.130. The van der Waals surface area contributed by atoms with Crippen molar-refractivity contribution >= 4 is 11.8 Å². The number of likely N-dealkylation sites (tertiary alicyclic amines) is 1. The summed E-state index contributed by atoms with van der Waals surface area (Å²) < 4.78 is 2.13. The summed E-state index contributed by atoms with van der Waals surface area (Å²) in [5.74, 6) is 1.21. The monoisotopic (exact) mass is 305 g/mol. The highest BCUT2D eigenvalue weighted by Gasteiger charge is 2.24. The van der Waals surface area contributed by atoms with E-state index < -0.39 is 0 Å². The van der Waals surface area contributed by atoms with Gasteiger partial charge in [-0.15, -0.1) is 0 Å². The summed E-state index contributed by atoms with van der Waals surface area (Å²) in [5, 5.41) is 3.10. The van der Waals surface area contributed by atoms with Gasteiger partial charge in [0, 0.05) is 51.5 Å². The molecule has 0 unspecified atom stereocenters. The average molecular weight is 305 g/mol. The van der Waals surface area contributed by atoms with E-state index in [1.54, 1.807) is 6.92 Å². The summed E-state index contributed by atoms with van der Waals surface area (Å²) >= 11 is 0. The highest BCUT2D eigenvalue weighted by Crippen LogP contribution is 2.12. The Morgan fingerprint density at radius 2 is 2.05 bits per heavy atom. The van der Waals surface area contributed by atoms with Crippen molar-refractivity contribution in [2.75, 3.05) is 26.2 Å². The third-order valence-electron chi connectivity index (χ3n) is 4.50. The lowest BCUT2D eigenvalue weighted by atomic mass is 10.1. The molecule has 0 spiro atoms. The van der Waals surface area contributed by atoms with Gasteiger partial charge in [0.05, 0.1) is 13.1 Å². The van der Waals surface area contributed by atoms with Crippen molar-refractivity contribution in [1.82, 2.24) is 24.7 Å². The lowest BCUT2D eigenvalue weighted by Gasteiger charge is -2.32. The molecule has 7 nitrogen and oxygen atoms in total. The van der Waals surface area contributed by atoms with Crippen molar-refractivity contribution in [3.05, 3.63) is 18.2 Å². The molecule has 1 saturated heterocycles. The molecule has 1 aromatic rings. The molecule has 1 fully saturated rings. The molecule has 2 aliphatic heterocycles. The van der Waals surface area contributed by atoms with Crippen LogP contribution >= 0.6 is 0 Å². The molecule has 3 heterocycles. The van der Waals surface area contributed by atoms with Crippen LogP contribution in [0.15, 0.2) is 12.4 Å². The summed E-state index contributed by atoms with van der Waals surface area (Å²) in [6, 6.07) is 0.190. The molecular formula is C15H23N5O2. The first kappa shape index (κ1) is 15.0. The molecule has 0 saturated carbocycles. The number of rotatable bonds is 3. The first-order valence-corrected chi connectivity index (χ1v) is 7.89. The number of hydrogen-bond acceptors (Lipinski definition) is 4. The molecule has 7 heteroatoms. The van der Waals surface area contributed by atoms with Gasteiger partial charge >= 0.3 is 0 Å². The molecule has 2 aliphatic rings. The summed E-state index contributed by atoms with van der Waals surface area (Å²) in [7, 11) is 0. The number of carbonyl (C=O) groups excluding carboxylic acids is 2. The van der Waals surface area contributed by atoms with Crippen LogP contribution in [0.2, 0.25) is 0 Å². The fourth-order valence-electron chi connectivity index (χ4n) is 3.17. The quantitative estimate of drug-likeness (QED) is 0.841. The topological polar surface area (TPSA) is 70.5 Å². The standard InChI is InChI=1S/C15H23N5O2/c1-12(21)19-5-2-13(3-6-19)17-15(22)11-18-8-9-20-7-4-16-14(20)10-18/h4,7,13H,2-3,5-6,8-11H2,1H3,(H,17,22). The van der Waals surface area contributed by atoms with E-state index in [1.165, 1.54) is 0 Å². The zero-order valence-electron chi connectivity index (χ0n) is 13.0. The number of aromatic nitrogens is 2. The maximum atomic E-state index is 12.2. The van der Waals surface area contributed by atoms with Crippen LogP contribution in [0, 0.1) is 0 Å². The Morgan fingerprint density at radius 3 is 2.77 bits per heavy atom. The van der Waals surface area contributed by atoms with Crippen molar-refractivity contribution in [1.29, 1.82) is 0 Å². The first-order valence-electron chi connectivity index (χ1n) is 7.89. The van der Waals surface area contributed by atoms with Gasteiger partial charge in [0.1, 0.15) is 5.82 Å². The number of piperidine rings is 1. The van der Waals surface area contributed by atoms with Crippen molar-refractivity contribution in [2.24, 2.45) is 0 Å². The maximum Gasteiger partial charge on any atom is 0.234 e. The minimum Gasteiger partial charge on any atom is -0.352 e. The minimum atomic E-state index is 0.0706. The van der Waals surface area contributed by atoms with Gasteiger partial charge in [0.25, 0.3) is 0 Å². The summed E-state index contributed by atoms with van der Waals surface area (Å²) in [6.45, 7) is 5.98. The second-order valence-corrected chi connectivity index (χ2v) is 6.10. The van der Waals surface area contributed by atoms with Crippen LogP contribution in [0.25, 0.3) is 0 Å². The molecule has 0 bridgehead atoms. The zero-order chi connectivity index (χ0) is 15.5. The molecule has 22 heavy (non-hydrogen) atoms. The maximum absolute atomic E-state index is 12.2. The molecule has 2 amide bonds. The predicted octanol–water partition coefficient (Wildman–Crippen LogP) is -0.174. The fraction of sp³-hybridized carbons (Fsp3) is 0.667. The SMILES string of the molecule is CC(=O)N1CCC(NC(=O)CN2CCn3ccnc3C2)CC1. The number of nitrogens with zero attached hydrogens (tertiary/aromatic N) is 4. The van der Waals surface area contributed by atoms with Crippen LogP contribution in [-0.4, -0.2) is 63.4 Å². The van der Waals surface area contributed by atoms with Gasteiger partial charge in [0.15, 0.2) is 0 Å². The Hall–Kier alpha value is -1.89. The molecule has 3 rings (SSSR count). The van der Waals surface area contributed by atoms with E-state index in [0.29, 0.717) is 6.54 Å². The summed E-state index contributed by atoms with van der Waals surface area (Å²) in [4.78, 5) is 31.8. The van der Waals surface area contributed by atoms with E-state index in [0.717, 1.165) is 51.4 Å². The molecule has 0 aromatic carbocycles. The van der Waals surface area contributed by atoms with E-state index in [4.69, 9.17) is 0 Å². The van der Waals surface area contributed by atoms with Crippen molar-refractivity contribution in [3.63, 3.8) is 0 Å². The number of amides is 2. The Kier molecular flexibility index (Phi) is 4.42. The number of imidazole rings is 1. The van der Waals surface area contributed by atoms with Gasteiger partial charge < -0.3 is 14.8 Å². The predicted molar refractivity (Wildman–Crippen MR) is 80.9 cm³/mol. The molecule has 0 atom stereocenters. The van der Waals surface area contributed by atoms with Crippen LogP contribution in [0.5, 0.6) is 0 Å². The van der Waals surface area contributed by atoms with E-state index in [2.05, 4.69) is 19.8 Å². The minimum absolute atomic E-state index is 0.0706. The Morgan fingerprint density at radius 1 is 1.27 bits per heavy atom. The van der Waals surface area contributed by atoms with Crippen LogP contribution in [-0.2, 0) is 22.7 Å². The average Bonchev–Trinajstić information content (AvgIpc) is 2.95. The number of nitrogens with one attached hydrogen (secondary N) is 1. The van der Waals surface area contributed by atoms with Gasteiger partial charge in [-0.2, -0.15) is 0 Å². The highest BCUT2D eigenvalue weighted by molar-refractivity contribution is 5.78. The fourth-order valence-corrected chi connectivity index (χ4v) is 3.17. The van der Waals surface area contributed by atoms with Gasteiger partial charge in [-0.3, -0.25) is 14.5 Å². The second kappa shape index (κ2) is 6.48. The molecule has 1 N–H and O–H groups in total. The first-order chi connectivity index (χ1) is 10.6. The molecule has 120 valence electrons. The van der Waals surface area contributed by atoms with Crippen molar-refractivity contribution in [2.45, 2.75) is 38.9 Å². The van der Waals surface area contributed by atoms with Crippen LogP contribution in [0.3, 0.4) is 0 Å². The summed E-state index contributed by atoms with van der Waals surface area (Å²) in [6.07, 6.45) is 5.47. The smallest absolute Gasteiger partial charge is 0.234 e. The molecule has 0 aliphatic carbocycles. The number of fused-ring (bicyclic) bond motifs is 1. The Bertz CT molecular complexity index is 548. The summed E-state index contributed by atoms with van der Waals surface area (Å²) in [5.41, 5.74) is 0. The normalized spacial score (nSPS) is 19.8. The third kappa shape index (κ3) is 3.47. The zero-order valence-corrected chi connectivity index (χ0v) is 13.0. The lowest BCUT2D eigenvalue weighted by Crippen LogP contribution is -2.49. The van der Waals surface area contributed by atoms with E-state index in [9.17, 15) is 9.59 Å². The largest absolute Gasteiger partial charge is 0.352 e. The molecule has 1 aromatic heterocycles. The molecule has 0 radical (unpaired) electrons. The van der Waals surface area contributed by atoms with Gasteiger partial charge in [-0.25, -0.2) is 4.98 Å². The number of carbonyl (C=O) groups is 2. The van der Waals surface area contributed by atoms with Crippen LogP contribution in [0.4, 0.5) is 0 Å². The van der Waals surface area contributed by atoms with Crippen molar-refractivity contribution < 1.29 is 9.59 Å². The van der Waals surface area contributed by atoms with Crippen LogP contribution in [0.1, 0.15) is 25.6 Å². The van der Waals surface area contributed by atoms with E-state index in [1.807, 2.05) is 17.3 Å². The van der Waals surface area contributed by atoms with Crippen LogP contribution < -0.4 is 5.32 Å². The third-order valence-corrected chi connectivity index (χ3v) is 4.50. The second-order valence-electron chi connectivity index (χ2n) is 6.10. The number of hydrogen-bond donors (Lipinski definition) is 1. The van der Waals surface area contributed by atoms with E-state index in [-0.39, 0.29) is 17.9 Å². The van der Waals surface area contributed by atoms with Gasteiger partial charge in [-0.05, 0) is 12.8 Å². The van der Waals surface area contributed by atoms with Crippen molar-refractivity contribution in [3.8, 4) is 0 Å². The Balaban J connectivity index is 1.43. The highest BCUT2D eigenvalue weighted by atomic mass is 16.2. The Labute approximate surface area is 130 Å². The van der Waals surface area contributed by atoms with Gasteiger partial charge in [0.2, 0.25) is 11.8 Å².